The summed E-state index contributed by atoms with van der Waals surface area (Å²) < 4.78 is 10.4. The molecule has 1 fully saturated rings. The fraction of sp³-hybridized carbons (Fsp3) is 0.250. The van der Waals surface area contributed by atoms with Crippen molar-refractivity contribution in [2.45, 2.75) is 26.3 Å². The largest absolute Gasteiger partial charge is 0.309 e. The maximum Gasteiger partial charge on any atom is 0.221 e. The number of hydrogen-bond donors (Lipinski definition) is 1. The number of nitrogens with one attached hydrogen (secondary N) is 1. The smallest absolute Gasteiger partial charge is 0.221 e. The van der Waals surface area contributed by atoms with Crippen LogP contribution in [0.5, 0.6) is 0 Å². The minimum absolute atomic E-state index is 0.101. The molecule has 29 heavy (non-hydrogen) atoms. The van der Waals surface area contributed by atoms with Gasteiger partial charge in [0.15, 0.2) is 0 Å². The highest BCUT2D eigenvalue weighted by Gasteiger charge is 2.43. The predicted octanol–water partition coefficient (Wildman–Crippen LogP) is 6.68. The molecule has 5 heteroatoms. The average Bonchev–Trinajstić information content (AvgIpc) is 3.06. The van der Waals surface area contributed by atoms with Gasteiger partial charge in [0.2, 0.25) is 7.51 Å². The lowest BCUT2D eigenvalue weighted by atomic mass is 10.1. The van der Waals surface area contributed by atoms with E-state index >= 15 is 0 Å². The molecule has 0 aliphatic carbocycles. The molecule has 1 N–H and O–H groups in total. The Morgan fingerprint density at radius 2 is 1.10 bits per heavy atom. The molecule has 0 spiro atoms. The highest BCUT2D eigenvalue weighted by Crippen LogP contribution is 2.62. The summed E-state index contributed by atoms with van der Waals surface area (Å²) in [5, 5.41) is 3.97. The quantitative estimate of drug-likeness (QED) is 0.492. The molecule has 4 rings (SSSR count). The summed E-state index contributed by atoms with van der Waals surface area (Å²) in [6, 6.07) is 31.7. The average molecular weight is 404 g/mol. The van der Waals surface area contributed by atoms with E-state index in [1.165, 1.54) is 11.4 Å². The van der Waals surface area contributed by atoms with Crippen molar-refractivity contribution < 1.29 is 0 Å². The number of nitrogens with zero attached hydrogens (tertiary/aromatic N) is 3. The maximum atomic E-state index is 5.44. The Balaban J connectivity index is 1.96. The van der Waals surface area contributed by atoms with Gasteiger partial charge in [-0.05, 0) is 57.2 Å². The lowest BCUT2D eigenvalue weighted by Gasteiger charge is -2.42. The first-order valence-corrected chi connectivity index (χ1v) is 11.8. The zero-order chi connectivity index (χ0) is 20.3. The second kappa shape index (κ2) is 8.06. The minimum atomic E-state index is -2.31. The Hall–Kier alpha value is -2.55. The highest BCUT2D eigenvalue weighted by atomic mass is 31.2. The van der Waals surface area contributed by atoms with Crippen LogP contribution in [0, 0.1) is 0 Å². The summed E-state index contributed by atoms with van der Waals surface area (Å²) in [5.41, 5.74) is 3.31. The molecule has 3 aromatic carbocycles. The fourth-order valence-electron chi connectivity index (χ4n) is 3.74. The van der Waals surface area contributed by atoms with Gasteiger partial charge in [-0.2, -0.15) is 0 Å². The number of hydrogen-bond acceptors (Lipinski definition) is 1. The normalized spacial score (nSPS) is 16.1. The Kier molecular flexibility index (Phi) is 5.49. The minimum Gasteiger partial charge on any atom is -0.309 e. The summed E-state index contributed by atoms with van der Waals surface area (Å²) in [6.07, 6.45) is 0. The molecule has 4 nitrogen and oxygen atoms in total. The van der Waals surface area contributed by atoms with Crippen LogP contribution in [0.4, 0.5) is 17.1 Å². The Labute approximate surface area is 174 Å². The van der Waals surface area contributed by atoms with E-state index in [-0.39, 0.29) is 5.54 Å². The van der Waals surface area contributed by atoms with Gasteiger partial charge in [-0.3, -0.25) is 0 Å². The van der Waals surface area contributed by atoms with Crippen LogP contribution < -0.4 is 14.4 Å². The van der Waals surface area contributed by atoms with Crippen LogP contribution in [-0.4, -0.2) is 18.6 Å². The van der Waals surface area contributed by atoms with Crippen LogP contribution in [0.15, 0.2) is 95.7 Å². The van der Waals surface area contributed by atoms with Gasteiger partial charge >= 0.3 is 0 Å². The first-order chi connectivity index (χ1) is 14.0. The van der Waals surface area contributed by atoms with Crippen molar-refractivity contribution in [3.63, 3.8) is 0 Å². The van der Waals surface area contributed by atoms with Crippen molar-refractivity contribution >= 4 is 24.6 Å². The molecular formula is C24H29N4P. The summed E-state index contributed by atoms with van der Waals surface area (Å²) in [5.74, 6) is 0. The van der Waals surface area contributed by atoms with E-state index in [9.17, 15) is 0 Å². The zero-order valence-corrected chi connectivity index (χ0v) is 18.3. The monoisotopic (exact) mass is 404 g/mol. The van der Waals surface area contributed by atoms with Crippen LogP contribution in [-0.2, 0) is 0 Å². The van der Waals surface area contributed by atoms with Crippen molar-refractivity contribution in [2.75, 3.05) is 22.4 Å². The third-order valence-electron chi connectivity index (χ3n) is 4.80. The highest BCUT2D eigenvalue weighted by molar-refractivity contribution is 7.68. The van der Waals surface area contributed by atoms with Gasteiger partial charge < -0.3 is 9.34 Å². The van der Waals surface area contributed by atoms with Crippen molar-refractivity contribution in [3.8, 4) is 0 Å². The number of anilines is 2. The van der Waals surface area contributed by atoms with Crippen LogP contribution in [0.3, 0.4) is 0 Å². The van der Waals surface area contributed by atoms with Gasteiger partial charge in [-0.1, -0.05) is 54.6 Å². The van der Waals surface area contributed by atoms with Crippen LogP contribution in [0.1, 0.15) is 20.8 Å². The summed E-state index contributed by atoms with van der Waals surface area (Å²) >= 11 is 0. The lowest BCUT2D eigenvalue weighted by molar-refractivity contribution is 0.525. The van der Waals surface area contributed by atoms with Gasteiger partial charge in [-0.15, -0.1) is 0 Å². The van der Waals surface area contributed by atoms with Gasteiger partial charge in [-0.25, -0.2) is 9.83 Å². The second-order valence-electron chi connectivity index (χ2n) is 8.28. The Bertz CT molecular complexity index is 930. The van der Waals surface area contributed by atoms with Crippen molar-refractivity contribution in [3.05, 3.63) is 91.0 Å². The molecule has 0 aromatic heterocycles. The van der Waals surface area contributed by atoms with E-state index in [0.717, 1.165) is 18.8 Å². The molecule has 150 valence electrons. The molecule has 0 radical (unpaired) electrons. The van der Waals surface area contributed by atoms with Crippen molar-refractivity contribution in [1.29, 1.82) is 0 Å². The van der Waals surface area contributed by atoms with Gasteiger partial charge in [0.25, 0.3) is 0 Å². The van der Waals surface area contributed by atoms with Crippen LogP contribution in [0.2, 0.25) is 0 Å². The molecule has 0 bridgehead atoms. The molecule has 0 amide bonds. The van der Waals surface area contributed by atoms with Crippen LogP contribution >= 0.6 is 7.51 Å². The SMILES string of the molecule is CC(C)(C)NP1(=Nc2ccccc2)N(c2ccccc2)CCN1c1ccccc1. The standard InChI is InChI=1S/C24H29N4P/c1-24(2,3)26-29(25-21-13-7-4-8-14-21)27(22-15-9-5-10-16-22)19-20-28(29)23-17-11-6-12-18-23/h4-18,26H,19-20H2,1-3H3. The predicted molar refractivity (Wildman–Crippen MR) is 126 cm³/mol. The van der Waals surface area contributed by atoms with E-state index in [0.29, 0.717) is 0 Å². The lowest BCUT2D eigenvalue weighted by Crippen LogP contribution is -2.41. The van der Waals surface area contributed by atoms with Crippen molar-refractivity contribution in [2.24, 2.45) is 4.74 Å². The molecule has 1 aliphatic rings. The van der Waals surface area contributed by atoms with E-state index in [2.05, 4.69) is 120 Å². The molecule has 1 aliphatic heterocycles. The van der Waals surface area contributed by atoms with E-state index < -0.39 is 7.51 Å². The fourth-order valence-corrected chi connectivity index (χ4v) is 7.51. The van der Waals surface area contributed by atoms with Gasteiger partial charge in [0.05, 0.1) is 5.69 Å². The maximum absolute atomic E-state index is 5.44. The molecule has 1 saturated heterocycles. The molecule has 0 unspecified atom stereocenters. The Morgan fingerprint density at radius 3 is 1.52 bits per heavy atom. The number of benzene rings is 3. The molecule has 0 saturated carbocycles. The third-order valence-corrected chi connectivity index (χ3v) is 8.49. The van der Waals surface area contributed by atoms with Crippen LogP contribution in [0.25, 0.3) is 0 Å². The number of rotatable bonds is 4. The van der Waals surface area contributed by atoms with E-state index in [1.807, 2.05) is 6.07 Å². The molecular weight excluding hydrogens is 375 g/mol. The topological polar surface area (TPSA) is 30.9 Å². The second-order valence-corrected chi connectivity index (χ2v) is 10.8. The summed E-state index contributed by atoms with van der Waals surface area (Å²) in [7, 11) is -2.31. The number of para-hydroxylation sites is 2. The molecule has 3 aromatic rings. The molecule has 0 atom stereocenters. The summed E-state index contributed by atoms with van der Waals surface area (Å²) in [6.45, 7) is 8.51. The van der Waals surface area contributed by atoms with Crippen molar-refractivity contribution in [1.82, 2.24) is 5.09 Å². The van der Waals surface area contributed by atoms with Gasteiger partial charge in [0, 0.05) is 30.0 Å². The third kappa shape index (κ3) is 4.24. The Morgan fingerprint density at radius 1 is 0.690 bits per heavy atom. The summed E-state index contributed by atoms with van der Waals surface area (Å²) in [4.78, 5) is 0. The first-order valence-electron chi connectivity index (χ1n) is 10.1. The molecule has 1 heterocycles. The van der Waals surface area contributed by atoms with E-state index in [4.69, 9.17) is 4.74 Å². The first kappa shape index (κ1) is 19.8. The zero-order valence-electron chi connectivity index (χ0n) is 17.4. The van der Waals surface area contributed by atoms with Gasteiger partial charge in [0.1, 0.15) is 0 Å². The van der Waals surface area contributed by atoms with E-state index in [1.54, 1.807) is 0 Å².